The van der Waals surface area contributed by atoms with Crippen LogP contribution in [0.1, 0.15) is 0 Å². The van der Waals surface area contributed by atoms with E-state index in [2.05, 4.69) is 0 Å². The Hall–Kier alpha value is -2.83. The van der Waals surface area contributed by atoms with Gasteiger partial charge in [-0.15, -0.1) is 0 Å². The Morgan fingerprint density at radius 2 is 1.82 bits per heavy atom. The number of ether oxygens (including phenoxy) is 1. The monoisotopic (exact) mass is 510 g/mol. The minimum atomic E-state index is -5.08. The average Bonchev–Trinajstić information content (AvgIpc) is 3.15. The molecule has 1 N–H and O–H groups in total. The van der Waals surface area contributed by atoms with Gasteiger partial charge in [-0.05, 0) is 50.5 Å². The van der Waals surface area contributed by atoms with Crippen molar-refractivity contribution in [3.8, 4) is 5.75 Å². The molecule has 0 spiro atoms. The number of carboxylic acids is 1. The van der Waals surface area contributed by atoms with Gasteiger partial charge in [0, 0.05) is 18.1 Å². The van der Waals surface area contributed by atoms with Crippen molar-refractivity contribution < 1.29 is 40.6 Å². The lowest BCUT2D eigenvalue weighted by Gasteiger charge is -2.12. The van der Waals surface area contributed by atoms with Gasteiger partial charge in [-0.1, -0.05) is 17.7 Å². The van der Waals surface area contributed by atoms with Gasteiger partial charge in [0.15, 0.2) is 0 Å². The highest BCUT2D eigenvalue weighted by molar-refractivity contribution is 7.90. The molecule has 0 radical (unpaired) electrons. The summed E-state index contributed by atoms with van der Waals surface area (Å²) in [6.07, 6.45) is -3.63. The van der Waals surface area contributed by atoms with E-state index < -0.39 is 28.0 Å². The summed E-state index contributed by atoms with van der Waals surface area (Å²) < 4.78 is 77.9. The maximum Gasteiger partial charge on any atom is 0.490 e. The van der Waals surface area contributed by atoms with Gasteiger partial charge in [-0.25, -0.2) is 21.6 Å². The number of benzene rings is 2. The van der Waals surface area contributed by atoms with Crippen molar-refractivity contribution in [1.29, 1.82) is 0 Å². The maximum atomic E-state index is 13.4. The fraction of sp³-hybridized carbons (Fsp3) is 0.250. The van der Waals surface area contributed by atoms with E-state index in [-0.39, 0.29) is 9.92 Å². The average molecular weight is 511 g/mol. The lowest BCUT2D eigenvalue weighted by atomic mass is 10.2. The third-order valence-corrected chi connectivity index (χ3v) is 6.12. The summed E-state index contributed by atoms with van der Waals surface area (Å²) in [4.78, 5) is 10.8. The topological polar surface area (TPSA) is 88.8 Å². The minimum Gasteiger partial charge on any atom is -0.492 e. The number of aromatic nitrogens is 1. The number of aliphatic carboxylic acids is 1. The van der Waals surface area contributed by atoms with Crippen molar-refractivity contribution in [3.05, 3.63) is 59.5 Å². The molecule has 0 fully saturated rings. The van der Waals surface area contributed by atoms with Gasteiger partial charge in [0.05, 0.1) is 15.4 Å². The Balaban J connectivity index is 0.000000479. The van der Waals surface area contributed by atoms with E-state index >= 15 is 0 Å². The van der Waals surface area contributed by atoms with Crippen molar-refractivity contribution in [2.75, 3.05) is 27.2 Å². The van der Waals surface area contributed by atoms with Crippen LogP contribution in [0.5, 0.6) is 5.75 Å². The van der Waals surface area contributed by atoms with Crippen molar-refractivity contribution >= 4 is 38.5 Å². The zero-order chi connectivity index (χ0) is 25.0. The number of hydrogen-bond donors (Lipinski definition) is 1. The van der Waals surface area contributed by atoms with E-state index in [1.54, 1.807) is 24.3 Å². The summed E-state index contributed by atoms with van der Waals surface area (Å²) in [5.74, 6) is -2.82. The first kappa shape index (κ1) is 26.4. The highest BCUT2D eigenvalue weighted by Crippen LogP contribution is 2.30. The molecular weight excluding hydrogens is 492 g/mol. The van der Waals surface area contributed by atoms with E-state index in [0.717, 1.165) is 22.6 Å². The van der Waals surface area contributed by atoms with Crippen LogP contribution >= 0.6 is 11.6 Å². The number of hydrogen-bond acceptors (Lipinski definition) is 5. The van der Waals surface area contributed by atoms with Gasteiger partial charge in [-0.2, -0.15) is 13.2 Å². The van der Waals surface area contributed by atoms with Crippen molar-refractivity contribution in [1.82, 2.24) is 8.87 Å². The summed E-state index contributed by atoms with van der Waals surface area (Å²) in [6.45, 7) is 1.22. The van der Waals surface area contributed by atoms with Gasteiger partial charge in [-0.3, -0.25) is 0 Å². The Bertz CT molecular complexity index is 1240. The molecule has 0 amide bonds. The number of carbonyl (C=O) groups is 1. The number of halogens is 5. The van der Waals surface area contributed by atoms with Crippen LogP contribution in [0.2, 0.25) is 5.02 Å². The molecule has 2 aromatic carbocycles. The van der Waals surface area contributed by atoms with Crippen molar-refractivity contribution in [2.24, 2.45) is 0 Å². The van der Waals surface area contributed by atoms with Crippen LogP contribution in [0.25, 0.3) is 10.9 Å². The first-order valence-corrected chi connectivity index (χ1v) is 11.0. The fourth-order valence-electron chi connectivity index (χ4n) is 2.54. The van der Waals surface area contributed by atoms with Gasteiger partial charge < -0.3 is 14.7 Å². The summed E-state index contributed by atoms with van der Waals surface area (Å²) in [6, 6.07) is 10.2. The number of alkyl halides is 3. The molecule has 13 heteroatoms. The van der Waals surface area contributed by atoms with E-state index in [1.807, 2.05) is 19.0 Å². The molecule has 3 rings (SSSR count). The second kappa shape index (κ2) is 10.4. The van der Waals surface area contributed by atoms with E-state index in [1.165, 1.54) is 12.3 Å². The third-order valence-electron chi connectivity index (χ3n) is 4.14. The lowest BCUT2D eigenvalue weighted by molar-refractivity contribution is -0.192. The van der Waals surface area contributed by atoms with Crippen LogP contribution in [0.4, 0.5) is 17.6 Å². The molecule has 0 aliphatic rings. The second-order valence-corrected chi connectivity index (χ2v) is 9.06. The second-order valence-electron chi connectivity index (χ2n) is 6.84. The van der Waals surface area contributed by atoms with Crippen molar-refractivity contribution in [3.63, 3.8) is 0 Å². The molecule has 1 heterocycles. The van der Waals surface area contributed by atoms with Crippen LogP contribution < -0.4 is 4.74 Å². The molecule has 1 aromatic heterocycles. The third kappa shape index (κ3) is 6.59. The molecule has 180 valence electrons. The first-order chi connectivity index (χ1) is 15.2. The van der Waals surface area contributed by atoms with Crippen LogP contribution in [-0.2, 0) is 14.8 Å². The number of fused-ring (bicyclic) bond motifs is 1. The molecule has 0 aliphatic heterocycles. The fourth-order valence-corrected chi connectivity index (χ4v) is 4.16. The summed E-state index contributed by atoms with van der Waals surface area (Å²) in [7, 11) is -0.0199. The van der Waals surface area contributed by atoms with Gasteiger partial charge >= 0.3 is 12.1 Å². The highest BCUT2D eigenvalue weighted by atomic mass is 35.5. The zero-order valence-corrected chi connectivity index (χ0v) is 18.9. The molecule has 0 saturated carbocycles. The van der Waals surface area contributed by atoms with E-state index in [4.69, 9.17) is 26.2 Å². The SMILES string of the molecule is CN(C)CCOc1cccc2c1ccn2S(=O)(=O)c1ccc(F)c(Cl)c1.O=C(O)C(F)(F)F. The summed E-state index contributed by atoms with van der Waals surface area (Å²) >= 11 is 5.73. The Kier molecular flexibility index (Phi) is 8.33. The molecule has 3 aromatic rings. The van der Waals surface area contributed by atoms with E-state index in [9.17, 15) is 26.0 Å². The normalized spacial score (nSPS) is 11.9. The molecule has 0 aliphatic carbocycles. The van der Waals surface area contributed by atoms with Gasteiger partial charge in [0.2, 0.25) is 0 Å². The standard InChI is InChI=1S/C18H18ClFN2O3S.C2HF3O2/c1-21(2)10-11-25-18-5-3-4-17-14(18)8-9-22(17)26(23,24)13-6-7-16(20)15(19)12-13;3-2(4,5)1(6)7/h3-9,12H,10-11H2,1-2H3;(H,6,7). The minimum absolute atomic E-state index is 0.0830. The Labute approximate surface area is 191 Å². The first-order valence-electron chi connectivity index (χ1n) is 9.13. The molecule has 0 unspecified atom stereocenters. The molecule has 7 nitrogen and oxygen atoms in total. The molecular formula is C20H19ClF4N2O5S. The predicted molar refractivity (Wildman–Crippen MR) is 114 cm³/mol. The number of rotatable bonds is 6. The lowest BCUT2D eigenvalue weighted by Crippen LogP contribution is -2.21. The maximum absolute atomic E-state index is 13.4. The molecule has 33 heavy (non-hydrogen) atoms. The molecule has 0 atom stereocenters. The van der Waals surface area contributed by atoms with Crippen LogP contribution in [0.3, 0.4) is 0 Å². The highest BCUT2D eigenvalue weighted by Gasteiger charge is 2.38. The largest absolute Gasteiger partial charge is 0.492 e. The number of carboxylic acid groups (broad SMARTS) is 1. The quantitative estimate of drug-likeness (QED) is 0.499. The smallest absolute Gasteiger partial charge is 0.490 e. The van der Waals surface area contributed by atoms with E-state index in [0.29, 0.717) is 23.3 Å². The summed E-state index contributed by atoms with van der Waals surface area (Å²) in [5.41, 5.74) is 0.479. The van der Waals surface area contributed by atoms with Gasteiger partial charge in [0.25, 0.3) is 10.0 Å². The Morgan fingerprint density at radius 1 is 1.18 bits per heavy atom. The molecule has 0 bridgehead atoms. The zero-order valence-electron chi connectivity index (χ0n) is 17.3. The number of nitrogens with zero attached hydrogens (tertiary/aromatic N) is 2. The Morgan fingerprint density at radius 3 is 2.36 bits per heavy atom. The molecule has 0 saturated heterocycles. The summed E-state index contributed by atoms with van der Waals surface area (Å²) in [5, 5.41) is 7.57. The predicted octanol–water partition coefficient (Wildman–Crippen LogP) is 4.24. The van der Waals surface area contributed by atoms with Gasteiger partial charge in [0.1, 0.15) is 18.2 Å². The van der Waals surface area contributed by atoms with Crippen molar-refractivity contribution in [2.45, 2.75) is 11.1 Å². The van der Waals surface area contributed by atoms with Crippen LogP contribution in [0, 0.1) is 5.82 Å². The van der Waals surface area contributed by atoms with Crippen LogP contribution in [0.15, 0.2) is 53.6 Å². The van der Waals surface area contributed by atoms with Crippen LogP contribution in [-0.4, -0.2) is 61.8 Å². The number of likely N-dealkylation sites (N-methyl/N-ethyl adjacent to an activating group) is 1.